The summed E-state index contributed by atoms with van der Waals surface area (Å²) < 4.78 is 5.24. The van der Waals surface area contributed by atoms with Crippen LogP contribution < -0.4 is 10.4 Å². The van der Waals surface area contributed by atoms with Crippen LogP contribution in [0.4, 0.5) is 0 Å². The Kier molecular flexibility index (Phi) is 3.15. The van der Waals surface area contributed by atoms with Gasteiger partial charge in [0.2, 0.25) is 0 Å². The molecule has 244 valence electrons. The molecule has 0 aliphatic heterocycles. The van der Waals surface area contributed by atoms with Gasteiger partial charge in [0.1, 0.15) is 0 Å². The van der Waals surface area contributed by atoms with E-state index < -0.39 is 0 Å². The van der Waals surface area contributed by atoms with Gasteiger partial charge in [-0.3, -0.25) is 4.79 Å². The molecule has 2 saturated carbocycles. The third kappa shape index (κ3) is 1.91. The maximum Gasteiger partial charge on any atom is 0.305 e. The van der Waals surface area contributed by atoms with Crippen molar-refractivity contribution in [1.82, 2.24) is 0 Å². The fourth-order valence-electron chi connectivity index (χ4n) is 16.7. The monoisotopic (exact) mass is 672 g/mol. The summed E-state index contributed by atoms with van der Waals surface area (Å²) in [5.41, 5.74) is 12.9. The first-order valence-corrected chi connectivity index (χ1v) is 20.1. The van der Waals surface area contributed by atoms with E-state index >= 15 is 0 Å². The maximum atomic E-state index is 12.7. The zero-order valence-electron chi connectivity index (χ0n) is 29.1. The average molecular weight is 673 g/mol. The van der Waals surface area contributed by atoms with Crippen molar-refractivity contribution in [2.24, 2.45) is 11.3 Å². The van der Waals surface area contributed by atoms with Gasteiger partial charge in [-0.05, 0) is 195 Å². The van der Waals surface area contributed by atoms with Gasteiger partial charge in [-0.15, -0.1) is 0 Å². The van der Waals surface area contributed by atoms with E-state index in [1.807, 2.05) is 0 Å². The predicted octanol–water partition coefficient (Wildman–Crippen LogP) is 9.94. The molecule has 0 heterocycles. The van der Waals surface area contributed by atoms with Crippen LogP contribution >= 0.6 is 0 Å². The number of esters is 1. The summed E-state index contributed by atoms with van der Waals surface area (Å²) in [4.78, 5) is 12.7. The van der Waals surface area contributed by atoms with Crippen molar-refractivity contribution in [1.29, 1.82) is 0 Å². The molecule has 1 spiro atoms. The minimum atomic E-state index is -0.0805. The van der Waals surface area contributed by atoms with E-state index in [1.165, 1.54) is 22.6 Å². The topological polar surface area (TPSA) is 26.3 Å². The second-order valence-corrected chi connectivity index (χ2v) is 18.7. The van der Waals surface area contributed by atoms with Gasteiger partial charge in [0.15, 0.2) is 0 Å². The highest BCUT2D eigenvalue weighted by Crippen LogP contribution is 2.90. The Hall–Kier alpha value is -5.47. The number of benzene rings is 7. The second-order valence-electron chi connectivity index (χ2n) is 18.7. The van der Waals surface area contributed by atoms with Gasteiger partial charge in [0.25, 0.3) is 0 Å². The van der Waals surface area contributed by atoms with Crippen LogP contribution in [-0.4, -0.2) is 13.1 Å². The van der Waals surface area contributed by atoms with E-state index in [0.29, 0.717) is 24.2 Å². The molecule has 0 saturated heterocycles. The minimum absolute atomic E-state index is 0.0326. The largest absolute Gasteiger partial charge is 0.469 e. The molecule has 53 heavy (non-hydrogen) atoms. The van der Waals surface area contributed by atoms with Crippen LogP contribution in [0.5, 0.6) is 0 Å². The van der Waals surface area contributed by atoms with Crippen LogP contribution in [0.1, 0.15) is 76.5 Å². The molecule has 5 atom stereocenters. The highest BCUT2D eigenvalue weighted by Gasteiger charge is 2.83. The predicted molar refractivity (Wildman–Crippen MR) is 214 cm³/mol. The van der Waals surface area contributed by atoms with Gasteiger partial charge in [-0.1, -0.05) is 54.6 Å². The van der Waals surface area contributed by atoms with Crippen LogP contribution in [0, 0.1) is 11.3 Å². The molecule has 0 N–H and O–H groups in total. The molecule has 2 fully saturated rings. The number of carbonyl (C=O) groups is 1. The fourth-order valence-corrected chi connectivity index (χ4v) is 16.7. The first kappa shape index (κ1) is 24.7. The summed E-state index contributed by atoms with van der Waals surface area (Å²) in [7, 11) is 1.54. The molecule has 0 radical (unpaired) electrons. The third-order valence-corrected chi connectivity index (χ3v) is 17.5. The molecule has 0 amide bonds. The molecule has 7 aliphatic rings. The van der Waals surface area contributed by atoms with Crippen LogP contribution in [-0.2, 0) is 27.8 Å². The van der Waals surface area contributed by atoms with Crippen molar-refractivity contribution in [3.8, 4) is 0 Å². The van der Waals surface area contributed by atoms with E-state index in [1.54, 1.807) is 143 Å². The lowest BCUT2D eigenvalue weighted by molar-refractivity contribution is -0.140. The number of fused-ring (bicyclic) bond motifs is 1. The van der Waals surface area contributed by atoms with Crippen LogP contribution in [0.15, 0.2) is 54.6 Å². The van der Waals surface area contributed by atoms with E-state index in [4.69, 9.17) is 4.74 Å². The van der Waals surface area contributed by atoms with E-state index in [9.17, 15) is 4.79 Å². The fraction of sp³-hybridized carbons (Fsp3) is 0.235. The number of ether oxygens (including phenoxy) is 1. The molecule has 0 aromatic heterocycles. The highest BCUT2D eigenvalue weighted by atomic mass is 16.5. The van der Waals surface area contributed by atoms with Crippen molar-refractivity contribution in [2.45, 2.75) is 55.8 Å². The molecule has 11 aromatic carbocycles. The SMILES string of the molecule is COC(=O)CCCC1(c2ccccc2)C2c3cc4c5c6c(cc7c8c6c6c9c%10c(c3c59)C3C5=c9c%11c(cc%12cc(c%13c%12c%11c(c9%10)c6c%138)C7)=CC5CC321)C4. The molecule has 7 aliphatic carbocycles. The number of rotatable bonds is 5. The summed E-state index contributed by atoms with van der Waals surface area (Å²) in [6.07, 6.45) is 8.42. The second kappa shape index (κ2) is 6.75. The Bertz CT molecular complexity index is 3870. The minimum Gasteiger partial charge on any atom is -0.469 e. The van der Waals surface area contributed by atoms with Gasteiger partial charge in [-0.25, -0.2) is 0 Å². The lowest BCUT2D eigenvalue weighted by Gasteiger charge is -2.32. The Balaban J connectivity index is 1.15. The smallest absolute Gasteiger partial charge is 0.305 e. The van der Waals surface area contributed by atoms with Gasteiger partial charge < -0.3 is 4.74 Å². The van der Waals surface area contributed by atoms with Crippen molar-refractivity contribution in [2.75, 3.05) is 7.11 Å². The van der Waals surface area contributed by atoms with Crippen molar-refractivity contribution in [3.63, 3.8) is 0 Å². The van der Waals surface area contributed by atoms with Crippen molar-refractivity contribution >= 4 is 115 Å². The standard InChI is InChI=1S/C51H28O2/c1-53-27(52)8-5-9-50(25-6-3-2-4-7-25)49-26-16-23-14-20-12-21-11-18-10-19-13-22-15-24-17-51(49,50)48-34(24)39-33(22)38-29(19)28(18)36-32(21)37-30(20)31(23)40-35(26)47(48)46-44(39)42(38)41(36)43(37)45(40)46/h2-4,6-7,10,12-13,15-16,24,48-49H,5,8-9,11,14,17H2,1H3. The van der Waals surface area contributed by atoms with Crippen LogP contribution in [0.3, 0.4) is 0 Å². The Morgan fingerprint density at radius 3 is 2.17 bits per heavy atom. The zero-order valence-corrected chi connectivity index (χ0v) is 29.1. The van der Waals surface area contributed by atoms with Gasteiger partial charge in [0, 0.05) is 29.6 Å². The lowest BCUT2D eigenvalue weighted by atomic mass is 9.70. The average Bonchev–Trinajstić information content (AvgIpc) is 3.86. The maximum absolute atomic E-state index is 12.7. The number of methoxy groups -OCH3 is 1. The third-order valence-electron chi connectivity index (χ3n) is 17.5. The number of hydrogen-bond donors (Lipinski definition) is 0. The molecule has 0 bridgehead atoms. The van der Waals surface area contributed by atoms with E-state index in [2.05, 4.69) is 60.7 Å². The Morgan fingerprint density at radius 2 is 1.36 bits per heavy atom. The van der Waals surface area contributed by atoms with Crippen molar-refractivity contribution < 1.29 is 9.53 Å². The van der Waals surface area contributed by atoms with Crippen molar-refractivity contribution in [3.05, 3.63) is 104 Å². The van der Waals surface area contributed by atoms with E-state index in [0.717, 1.165) is 25.7 Å². The Morgan fingerprint density at radius 1 is 0.698 bits per heavy atom. The van der Waals surface area contributed by atoms with Crippen LogP contribution in [0.25, 0.3) is 109 Å². The van der Waals surface area contributed by atoms with Gasteiger partial charge in [-0.2, -0.15) is 0 Å². The van der Waals surface area contributed by atoms with Crippen LogP contribution in [0.2, 0.25) is 0 Å². The lowest BCUT2D eigenvalue weighted by Crippen LogP contribution is -2.27. The molecule has 11 aromatic rings. The molecular formula is C51H28O2. The zero-order chi connectivity index (χ0) is 33.5. The van der Waals surface area contributed by atoms with Gasteiger partial charge >= 0.3 is 5.97 Å². The summed E-state index contributed by atoms with van der Waals surface area (Å²) in [6.45, 7) is 0. The summed E-state index contributed by atoms with van der Waals surface area (Å²) in [5.74, 6) is 1.19. The number of hydrogen-bond acceptors (Lipinski definition) is 2. The summed E-state index contributed by atoms with van der Waals surface area (Å²) in [5, 5.41) is 32.0. The molecule has 2 heteroatoms. The van der Waals surface area contributed by atoms with Gasteiger partial charge in [0.05, 0.1) is 7.11 Å². The molecular weight excluding hydrogens is 645 g/mol. The molecule has 5 unspecified atom stereocenters. The quantitative estimate of drug-likeness (QED) is 0.134. The highest BCUT2D eigenvalue weighted by molar-refractivity contribution is 6.60. The molecule has 18 rings (SSSR count). The first-order chi connectivity index (χ1) is 26.2. The first-order valence-electron chi connectivity index (χ1n) is 20.1. The normalized spacial score (nSPS) is 27.5. The molecule has 2 nitrogen and oxygen atoms in total. The Labute approximate surface area is 301 Å². The van der Waals surface area contributed by atoms with E-state index in [-0.39, 0.29) is 16.8 Å². The summed E-state index contributed by atoms with van der Waals surface area (Å²) in [6, 6.07) is 22.2. The summed E-state index contributed by atoms with van der Waals surface area (Å²) >= 11 is 0. The number of carbonyl (C=O) groups excluding carboxylic acids is 1.